The van der Waals surface area contributed by atoms with Crippen molar-refractivity contribution >= 4 is 0 Å². The van der Waals surface area contributed by atoms with Crippen molar-refractivity contribution in [3.05, 3.63) is 29.3 Å². The van der Waals surface area contributed by atoms with Crippen LogP contribution in [0.3, 0.4) is 0 Å². The molecule has 1 saturated heterocycles. The van der Waals surface area contributed by atoms with Gasteiger partial charge in [-0.1, -0.05) is 6.07 Å². The van der Waals surface area contributed by atoms with E-state index in [-0.39, 0.29) is 0 Å². The van der Waals surface area contributed by atoms with E-state index in [1.54, 1.807) is 0 Å². The zero-order valence-electron chi connectivity index (χ0n) is 13.6. The van der Waals surface area contributed by atoms with Gasteiger partial charge in [-0.15, -0.1) is 0 Å². The molecule has 0 spiro atoms. The second-order valence-corrected chi connectivity index (χ2v) is 5.74. The number of aliphatic hydroxyl groups excluding tert-OH is 1. The first kappa shape index (κ1) is 17.2. The minimum absolute atomic E-state index is 0.341. The predicted molar refractivity (Wildman–Crippen MR) is 85.5 cm³/mol. The lowest BCUT2D eigenvalue weighted by Crippen LogP contribution is -2.42. The highest BCUT2D eigenvalue weighted by atomic mass is 16.5. The summed E-state index contributed by atoms with van der Waals surface area (Å²) in [6, 6.07) is 6.05. The number of rotatable bonds is 8. The highest BCUT2D eigenvalue weighted by Gasteiger charge is 2.14. The standard InChI is InChI=1S/C17H27NO4/c1-14-3-4-17(11-15(14)2)22-10-9-21-13-16(19)12-18-5-7-20-8-6-18/h3-4,11,16,19H,5-10,12-13H2,1-2H3/t16-/m1/s1. The molecule has 5 heteroatoms. The molecule has 22 heavy (non-hydrogen) atoms. The maximum Gasteiger partial charge on any atom is 0.119 e. The fourth-order valence-electron chi connectivity index (χ4n) is 2.38. The molecule has 0 amide bonds. The summed E-state index contributed by atoms with van der Waals surface area (Å²) in [5, 5.41) is 9.94. The zero-order chi connectivity index (χ0) is 15.8. The Balaban J connectivity index is 1.55. The summed E-state index contributed by atoms with van der Waals surface area (Å²) in [7, 11) is 0. The Bertz CT molecular complexity index is 446. The van der Waals surface area contributed by atoms with Crippen molar-refractivity contribution in [2.75, 3.05) is 52.7 Å². The van der Waals surface area contributed by atoms with E-state index in [1.165, 1.54) is 11.1 Å². The molecule has 2 rings (SSSR count). The summed E-state index contributed by atoms with van der Waals surface area (Å²) in [4.78, 5) is 2.20. The number of morpholine rings is 1. The van der Waals surface area contributed by atoms with Crippen molar-refractivity contribution in [3.63, 3.8) is 0 Å². The van der Waals surface area contributed by atoms with E-state index in [0.717, 1.165) is 32.1 Å². The summed E-state index contributed by atoms with van der Waals surface area (Å²) >= 11 is 0. The lowest BCUT2D eigenvalue weighted by atomic mass is 10.1. The molecule has 1 atom stereocenters. The van der Waals surface area contributed by atoms with Crippen LogP contribution < -0.4 is 4.74 Å². The first-order valence-electron chi connectivity index (χ1n) is 7.91. The molecule has 1 heterocycles. The Morgan fingerprint density at radius 1 is 1.18 bits per heavy atom. The van der Waals surface area contributed by atoms with Crippen molar-refractivity contribution in [3.8, 4) is 5.75 Å². The van der Waals surface area contributed by atoms with E-state index in [4.69, 9.17) is 14.2 Å². The molecule has 124 valence electrons. The first-order valence-corrected chi connectivity index (χ1v) is 7.91. The van der Waals surface area contributed by atoms with E-state index in [2.05, 4.69) is 24.8 Å². The van der Waals surface area contributed by atoms with Crippen molar-refractivity contribution in [1.82, 2.24) is 4.90 Å². The van der Waals surface area contributed by atoms with Crippen molar-refractivity contribution in [1.29, 1.82) is 0 Å². The summed E-state index contributed by atoms with van der Waals surface area (Å²) in [6.07, 6.45) is -0.459. The van der Waals surface area contributed by atoms with Crippen LogP contribution in [0.2, 0.25) is 0 Å². The molecule has 0 saturated carbocycles. The molecule has 0 unspecified atom stereocenters. The third-order valence-corrected chi connectivity index (χ3v) is 3.86. The molecule has 0 aliphatic carbocycles. The molecule has 1 aliphatic heterocycles. The van der Waals surface area contributed by atoms with E-state index in [1.807, 2.05) is 12.1 Å². The van der Waals surface area contributed by atoms with E-state index < -0.39 is 6.10 Å². The Kier molecular flexibility index (Phi) is 7.12. The van der Waals surface area contributed by atoms with Gasteiger partial charge in [0.05, 0.1) is 32.5 Å². The van der Waals surface area contributed by atoms with Gasteiger partial charge >= 0.3 is 0 Å². The number of β-amino-alcohol motifs (C(OH)–C–C–N with tert-alkyl or cyclic N) is 1. The lowest BCUT2D eigenvalue weighted by Gasteiger charge is -2.28. The molecule has 1 aromatic rings. The molecule has 1 aromatic carbocycles. The average Bonchev–Trinajstić information content (AvgIpc) is 2.51. The minimum Gasteiger partial charge on any atom is -0.491 e. The molecular formula is C17H27NO4. The van der Waals surface area contributed by atoms with Crippen LogP contribution in [0.4, 0.5) is 0 Å². The number of ether oxygens (including phenoxy) is 3. The SMILES string of the molecule is Cc1ccc(OCCOC[C@H](O)CN2CCOCC2)cc1C. The van der Waals surface area contributed by atoms with Gasteiger partial charge in [0.25, 0.3) is 0 Å². The zero-order valence-corrected chi connectivity index (χ0v) is 13.6. The maximum absolute atomic E-state index is 9.94. The fourth-order valence-corrected chi connectivity index (χ4v) is 2.38. The summed E-state index contributed by atoms with van der Waals surface area (Å²) in [6.45, 7) is 9.36. The van der Waals surface area contributed by atoms with Gasteiger partial charge in [0.1, 0.15) is 12.4 Å². The van der Waals surface area contributed by atoms with Gasteiger partial charge in [-0.05, 0) is 37.1 Å². The van der Waals surface area contributed by atoms with Crippen LogP contribution in [0.15, 0.2) is 18.2 Å². The number of aliphatic hydroxyl groups is 1. The van der Waals surface area contributed by atoms with Gasteiger partial charge in [0, 0.05) is 19.6 Å². The van der Waals surface area contributed by atoms with Crippen LogP contribution in [0, 0.1) is 13.8 Å². The van der Waals surface area contributed by atoms with Gasteiger partial charge in [-0.25, -0.2) is 0 Å². The van der Waals surface area contributed by atoms with Crippen LogP contribution in [-0.2, 0) is 9.47 Å². The third-order valence-electron chi connectivity index (χ3n) is 3.86. The number of hydrogen-bond acceptors (Lipinski definition) is 5. The summed E-state index contributed by atoms with van der Waals surface area (Å²) in [5.41, 5.74) is 2.48. The van der Waals surface area contributed by atoms with Crippen molar-refractivity contribution in [2.24, 2.45) is 0 Å². The van der Waals surface area contributed by atoms with Crippen molar-refractivity contribution < 1.29 is 19.3 Å². The van der Waals surface area contributed by atoms with Crippen LogP contribution in [0.5, 0.6) is 5.75 Å². The number of aryl methyl sites for hydroxylation is 2. The van der Waals surface area contributed by atoms with Gasteiger partial charge in [-0.2, -0.15) is 0 Å². The normalized spacial score (nSPS) is 17.4. The predicted octanol–water partition coefficient (Wildman–Crippen LogP) is 1.39. The van der Waals surface area contributed by atoms with Crippen LogP contribution >= 0.6 is 0 Å². The monoisotopic (exact) mass is 309 g/mol. The minimum atomic E-state index is -0.459. The van der Waals surface area contributed by atoms with Gasteiger partial charge in [-0.3, -0.25) is 4.90 Å². The Morgan fingerprint density at radius 2 is 1.95 bits per heavy atom. The highest BCUT2D eigenvalue weighted by molar-refractivity contribution is 5.33. The highest BCUT2D eigenvalue weighted by Crippen LogP contribution is 2.16. The smallest absolute Gasteiger partial charge is 0.119 e. The van der Waals surface area contributed by atoms with Crippen molar-refractivity contribution in [2.45, 2.75) is 20.0 Å². The Morgan fingerprint density at radius 3 is 2.68 bits per heavy atom. The van der Waals surface area contributed by atoms with E-state index >= 15 is 0 Å². The lowest BCUT2D eigenvalue weighted by molar-refractivity contribution is -0.0178. The van der Waals surface area contributed by atoms with E-state index in [0.29, 0.717) is 26.4 Å². The largest absolute Gasteiger partial charge is 0.491 e. The van der Waals surface area contributed by atoms with E-state index in [9.17, 15) is 5.11 Å². The second-order valence-electron chi connectivity index (χ2n) is 5.74. The third kappa shape index (κ3) is 5.93. The average molecular weight is 309 g/mol. The molecule has 0 radical (unpaired) electrons. The molecule has 1 fully saturated rings. The molecule has 1 aliphatic rings. The van der Waals surface area contributed by atoms with Crippen LogP contribution in [0.1, 0.15) is 11.1 Å². The van der Waals surface area contributed by atoms with Gasteiger partial charge in [0.15, 0.2) is 0 Å². The van der Waals surface area contributed by atoms with Crippen LogP contribution in [0.25, 0.3) is 0 Å². The Labute approximate surface area is 132 Å². The molecular weight excluding hydrogens is 282 g/mol. The first-order chi connectivity index (χ1) is 10.6. The number of hydrogen-bond donors (Lipinski definition) is 1. The number of benzene rings is 1. The number of nitrogens with zero attached hydrogens (tertiary/aromatic N) is 1. The topological polar surface area (TPSA) is 51.2 Å². The quantitative estimate of drug-likeness (QED) is 0.736. The molecule has 5 nitrogen and oxygen atoms in total. The second kappa shape index (κ2) is 9.10. The summed E-state index contributed by atoms with van der Waals surface area (Å²) in [5.74, 6) is 0.862. The Hall–Kier alpha value is -1.14. The molecule has 0 bridgehead atoms. The molecule has 0 aromatic heterocycles. The molecule has 1 N–H and O–H groups in total. The van der Waals surface area contributed by atoms with Gasteiger partial charge < -0.3 is 19.3 Å². The maximum atomic E-state index is 9.94. The van der Waals surface area contributed by atoms with Crippen LogP contribution in [-0.4, -0.2) is 68.8 Å². The summed E-state index contributed by atoms with van der Waals surface area (Å²) < 4.78 is 16.4. The fraction of sp³-hybridized carbons (Fsp3) is 0.647. The van der Waals surface area contributed by atoms with Gasteiger partial charge in [0.2, 0.25) is 0 Å².